The molecule has 0 aromatic rings. The quantitative estimate of drug-likeness (QED) is 0.485. The van der Waals surface area contributed by atoms with Crippen molar-refractivity contribution in [1.82, 2.24) is 4.90 Å². The van der Waals surface area contributed by atoms with Gasteiger partial charge in [0.2, 0.25) is 0 Å². The molecule has 8 nitrogen and oxygen atoms in total. The van der Waals surface area contributed by atoms with Crippen molar-refractivity contribution in [3.63, 3.8) is 0 Å². The number of carboxylic acids is 1. The van der Waals surface area contributed by atoms with Crippen LogP contribution < -0.4 is 0 Å². The van der Waals surface area contributed by atoms with E-state index in [1.165, 1.54) is 6.92 Å². The molecule has 0 saturated heterocycles. The summed E-state index contributed by atoms with van der Waals surface area (Å²) in [7, 11) is 3.85. The van der Waals surface area contributed by atoms with Crippen molar-refractivity contribution in [3.8, 4) is 0 Å². The zero-order chi connectivity index (χ0) is 21.3. The summed E-state index contributed by atoms with van der Waals surface area (Å²) in [5.41, 5.74) is 0.718. The lowest BCUT2D eigenvalue weighted by molar-refractivity contribution is -0.140. The highest BCUT2D eigenvalue weighted by atomic mass is 16.5. The third-order valence-corrected chi connectivity index (χ3v) is 2.24. The van der Waals surface area contributed by atoms with Crippen molar-refractivity contribution < 1.29 is 34.1 Å². The van der Waals surface area contributed by atoms with Crippen LogP contribution in [-0.2, 0) is 23.9 Å². The molecule has 0 saturated carbocycles. The summed E-state index contributed by atoms with van der Waals surface area (Å²) < 4.78 is 9.33. The fraction of sp³-hybridized carbons (Fsp3) is 0.500. The Morgan fingerprint density at radius 2 is 1.42 bits per heavy atom. The van der Waals surface area contributed by atoms with Gasteiger partial charge in [0.1, 0.15) is 6.61 Å². The Balaban J connectivity index is -0.000000319. The lowest BCUT2D eigenvalue weighted by Crippen LogP contribution is -2.20. The summed E-state index contributed by atoms with van der Waals surface area (Å²) in [6, 6.07) is 0. The third kappa shape index (κ3) is 21.6. The maximum Gasteiger partial charge on any atom is 0.335 e. The Bertz CT molecular complexity index is 484. The normalized spacial score (nSPS) is 8.88. The summed E-state index contributed by atoms with van der Waals surface area (Å²) in [6.07, 6.45) is 0. The number of aliphatic carboxylic acids is 1. The number of rotatable bonds is 8. The largest absolute Gasteiger partial charge is 0.478 e. The van der Waals surface area contributed by atoms with Crippen LogP contribution in [0.2, 0.25) is 0 Å². The molecule has 0 amide bonds. The molecule has 0 aromatic carbocycles. The number of hydrogen-bond acceptors (Lipinski definition) is 7. The minimum atomic E-state index is -0.935. The fourth-order valence-corrected chi connectivity index (χ4v) is 0.742. The van der Waals surface area contributed by atoms with Crippen LogP contribution in [0.3, 0.4) is 0 Å². The minimum absolute atomic E-state index is 0.0943. The highest BCUT2D eigenvalue weighted by Crippen LogP contribution is 1.91. The number of likely N-dealkylation sites (N-methyl/N-ethyl adjacent to an activating group) is 1. The van der Waals surface area contributed by atoms with Gasteiger partial charge >= 0.3 is 17.9 Å². The van der Waals surface area contributed by atoms with Crippen molar-refractivity contribution in [2.75, 3.05) is 40.5 Å². The van der Waals surface area contributed by atoms with Crippen LogP contribution >= 0.6 is 0 Å². The Kier molecular flexibility index (Phi) is 19.0. The highest BCUT2D eigenvalue weighted by Gasteiger charge is 2.04. The molecule has 0 unspecified atom stereocenters. The number of carbonyl (C=O) groups is 3. The number of carbonyl (C=O) groups excluding carboxylic acids is 2. The molecule has 0 radical (unpaired) electrons. The monoisotopic (exact) mass is 373 g/mol. The van der Waals surface area contributed by atoms with Gasteiger partial charge in [-0.3, -0.25) is 0 Å². The number of ether oxygens (including phenoxy) is 2. The van der Waals surface area contributed by atoms with Crippen LogP contribution in [0.25, 0.3) is 0 Å². The smallest absolute Gasteiger partial charge is 0.335 e. The molecule has 0 spiro atoms. The van der Waals surface area contributed by atoms with Gasteiger partial charge in [0, 0.05) is 17.7 Å². The topological polar surface area (TPSA) is 113 Å². The van der Waals surface area contributed by atoms with Crippen LogP contribution in [0.5, 0.6) is 0 Å². The second-order valence-corrected chi connectivity index (χ2v) is 5.29. The van der Waals surface area contributed by atoms with E-state index in [1.807, 2.05) is 19.0 Å². The van der Waals surface area contributed by atoms with Crippen molar-refractivity contribution in [2.45, 2.75) is 20.8 Å². The molecule has 0 heterocycles. The Morgan fingerprint density at radius 3 is 1.69 bits per heavy atom. The second-order valence-electron chi connectivity index (χ2n) is 5.29. The summed E-state index contributed by atoms with van der Waals surface area (Å²) in [4.78, 5) is 32.8. The van der Waals surface area contributed by atoms with Gasteiger partial charge in [0.05, 0.1) is 18.8 Å². The van der Waals surface area contributed by atoms with Crippen LogP contribution in [0.4, 0.5) is 0 Å². The van der Waals surface area contributed by atoms with E-state index >= 15 is 0 Å². The van der Waals surface area contributed by atoms with Crippen molar-refractivity contribution in [3.05, 3.63) is 36.5 Å². The van der Waals surface area contributed by atoms with Gasteiger partial charge in [-0.1, -0.05) is 19.7 Å². The summed E-state index contributed by atoms with van der Waals surface area (Å²) in [5.74, 6) is -1.78. The molecule has 26 heavy (non-hydrogen) atoms. The van der Waals surface area contributed by atoms with Crippen molar-refractivity contribution >= 4 is 17.9 Å². The maximum absolute atomic E-state index is 10.8. The van der Waals surface area contributed by atoms with Crippen LogP contribution in [-0.4, -0.2) is 73.5 Å². The maximum atomic E-state index is 10.8. The highest BCUT2D eigenvalue weighted by molar-refractivity contribution is 5.88. The van der Waals surface area contributed by atoms with Gasteiger partial charge < -0.3 is 24.6 Å². The molecule has 0 atom stereocenters. The van der Waals surface area contributed by atoms with Crippen LogP contribution in [0.1, 0.15) is 20.8 Å². The molecule has 0 aliphatic heterocycles. The summed E-state index contributed by atoms with van der Waals surface area (Å²) in [5, 5.41) is 16.2. The van der Waals surface area contributed by atoms with Gasteiger partial charge in [-0.15, -0.1) is 0 Å². The van der Waals surface area contributed by atoms with E-state index in [9.17, 15) is 14.4 Å². The SMILES string of the molecule is C=C(C)C(=O)O.C=C(C)C(=O)OCCN(C)C.C=C(CO)C(=O)OCC. The molecule has 0 fully saturated rings. The van der Waals surface area contributed by atoms with Gasteiger partial charge in [-0.05, 0) is 34.9 Å². The first-order valence-corrected chi connectivity index (χ1v) is 7.72. The van der Waals surface area contributed by atoms with Crippen LogP contribution in [0, 0.1) is 0 Å². The van der Waals surface area contributed by atoms with Crippen molar-refractivity contribution in [2.24, 2.45) is 0 Å². The Hall–Kier alpha value is -2.45. The first kappa shape index (κ1) is 28.4. The second kappa shape index (κ2) is 17.4. The standard InChI is InChI=1S/C8H15NO2.C6H10O3.C4H6O2/c1-7(2)8(10)11-6-5-9(3)4;1-3-9-6(8)5(2)4-7;1-3(2)4(5)6/h1,5-6H2,2-4H3;7H,2-4H2,1H3;1H2,2H3,(H,5,6). The number of esters is 2. The lowest BCUT2D eigenvalue weighted by atomic mass is 10.3. The third-order valence-electron chi connectivity index (χ3n) is 2.24. The Labute approximate surface area is 155 Å². The molecule has 8 heteroatoms. The Morgan fingerprint density at radius 1 is 0.962 bits per heavy atom. The molecule has 0 rings (SSSR count). The number of aliphatic hydroxyl groups excluding tert-OH is 1. The van der Waals surface area contributed by atoms with Gasteiger partial charge in [-0.2, -0.15) is 0 Å². The molecular formula is C18H31NO7. The van der Waals surface area contributed by atoms with E-state index in [4.69, 9.17) is 14.9 Å². The number of aliphatic hydroxyl groups is 1. The van der Waals surface area contributed by atoms with E-state index in [2.05, 4.69) is 24.5 Å². The number of carboxylic acid groups (broad SMARTS) is 1. The molecule has 0 aliphatic carbocycles. The predicted octanol–water partition coefficient (Wildman–Crippen LogP) is 1.41. The molecule has 0 bridgehead atoms. The van der Waals surface area contributed by atoms with E-state index in [1.54, 1.807) is 13.8 Å². The average molecular weight is 373 g/mol. The van der Waals surface area contributed by atoms with E-state index in [0.29, 0.717) is 18.8 Å². The fourth-order valence-electron chi connectivity index (χ4n) is 0.742. The molecule has 0 aromatic heterocycles. The van der Waals surface area contributed by atoms with E-state index < -0.39 is 11.9 Å². The van der Waals surface area contributed by atoms with E-state index in [-0.39, 0.29) is 23.7 Å². The minimum Gasteiger partial charge on any atom is -0.478 e. The van der Waals surface area contributed by atoms with Crippen molar-refractivity contribution in [1.29, 1.82) is 0 Å². The van der Waals surface area contributed by atoms with Gasteiger partial charge in [-0.25, -0.2) is 14.4 Å². The first-order valence-electron chi connectivity index (χ1n) is 7.72. The molecule has 2 N–H and O–H groups in total. The zero-order valence-corrected chi connectivity index (χ0v) is 16.3. The van der Waals surface area contributed by atoms with E-state index in [0.717, 1.165) is 6.54 Å². The zero-order valence-electron chi connectivity index (χ0n) is 16.3. The summed E-state index contributed by atoms with van der Waals surface area (Å²) in [6.45, 7) is 15.8. The van der Waals surface area contributed by atoms with Gasteiger partial charge in [0.25, 0.3) is 0 Å². The number of hydrogen-bond donors (Lipinski definition) is 2. The molecule has 0 aliphatic rings. The van der Waals surface area contributed by atoms with Gasteiger partial charge in [0.15, 0.2) is 0 Å². The lowest BCUT2D eigenvalue weighted by Gasteiger charge is -2.09. The van der Waals surface area contributed by atoms with Crippen LogP contribution in [0.15, 0.2) is 36.5 Å². The first-order chi connectivity index (χ1) is 11.9. The number of nitrogens with zero attached hydrogens (tertiary/aromatic N) is 1. The summed E-state index contributed by atoms with van der Waals surface area (Å²) >= 11 is 0. The molecule has 150 valence electrons. The molecular weight excluding hydrogens is 342 g/mol. The predicted molar refractivity (Wildman–Crippen MR) is 99.6 cm³/mol. The average Bonchev–Trinajstić information content (AvgIpc) is 2.54.